The van der Waals surface area contributed by atoms with Crippen LogP contribution in [0, 0.1) is 5.82 Å². The number of benzene rings is 1. The summed E-state index contributed by atoms with van der Waals surface area (Å²) in [6.07, 6.45) is 3.83. The van der Waals surface area contributed by atoms with E-state index < -0.39 is 0 Å². The van der Waals surface area contributed by atoms with E-state index in [1.54, 1.807) is 24.4 Å². The van der Waals surface area contributed by atoms with Gasteiger partial charge in [-0.3, -0.25) is 9.69 Å². The van der Waals surface area contributed by atoms with E-state index in [0.29, 0.717) is 18.2 Å². The second-order valence-electron chi connectivity index (χ2n) is 6.03. The lowest BCUT2D eigenvalue weighted by Gasteiger charge is -2.22. The Bertz CT molecular complexity index is 702. The second-order valence-corrected chi connectivity index (χ2v) is 6.03. The number of rotatable bonds is 6. The van der Waals surface area contributed by atoms with Crippen molar-refractivity contribution >= 4 is 5.91 Å². The van der Waals surface area contributed by atoms with E-state index >= 15 is 0 Å². The molecule has 1 amide bonds. The van der Waals surface area contributed by atoms with Crippen molar-refractivity contribution in [3.63, 3.8) is 0 Å². The first kappa shape index (κ1) is 16.6. The molecule has 6 nitrogen and oxygen atoms in total. The van der Waals surface area contributed by atoms with Gasteiger partial charge in [0.15, 0.2) is 5.69 Å². The van der Waals surface area contributed by atoms with Gasteiger partial charge < -0.3 is 5.32 Å². The van der Waals surface area contributed by atoms with Gasteiger partial charge in [-0.05, 0) is 32.0 Å². The molecule has 2 aromatic rings. The van der Waals surface area contributed by atoms with Crippen LogP contribution in [-0.4, -0.2) is 51.5 Å². The van der Waals surface area contributed by atoms with Gasteiger partial charge in [-0.1, -0.05) is 30.3 Å². The fourth-order valence-electron chi connectivity index (χ4n) is 3.12. The highest BCUT2D eigenvalue weighted by atomic mass is 19.1. The Labute approximate surface area is 140 Å². The SMILES string of the molecule is CCN1CCCC1CNC(=O)c1cn(Cc2ccccc2F)nn1. The first-order valence-corrected chi connectivity index (χ1v) is 8.33. The predicted octanol–water partition coefficient (Wildman–Crippen LogP) is 1.68. The summed E-state index contributed by atoms with van der Waals surface area (Å²) in [5, 5.41) is 10.7. The van der Waals surface area contributed by atoms with Gasteiger partial charge in [0.2, 0.25) is 0 Å². The number of halogens is 1. The lowest BCUT2D eigenvalue weighted by molar-refractivity contribution is 0.0936. The third-order valence-corrected chi connectivity index (χ3v) is 4.46. The quantitative estimate of drug-likeness (QED) is 0.875. The molecular weight excluding hydrogens is 309 g/mol. The molecule has 3 rings (SSSR count). The molecule has 1 aromatic carbocycles. The van der Waals surface area contributed by atoms with E-state index in [-0.39, 0.29) is 24.0 Å². The molecule has 7 heteroatoms. The summed E-state index contributed by atoms with van der Waals surface area (Å²) in [6, 6.07) is 6.90. The minimum Gasteiger partial charge on any atom is -0.349 e. The van der Waals surface area contributed by atoms with Crippen LogP contribution in [0.2, 0.25) is 0 Å². The van der Waals surface area contributed by atoms with Crippen LogP contribution < -0.4 is 5.32 Å². The minimum atomic E-state index is -0.292. The van der Waals surface area contributed by atoms with Gasteiger partial charge in [-0.2, -0.15) is 0 Å². The summed E-state index contributed by atoms with van der Waals surface area (Å²) >= 11 is 0. The molecule has 0 aliphatic carbocycles. The van der Waals surface area contributed by atoms with Crippen molar-refractivity contribution in [2.75, 3.05) is 19.6 Å². The lowest BCUT2D eigenvalue weighted by Crippen LogP contribution is -2.40. The fourth-order valence-corrected chi connectivity index (χ4v) is 3.12. The summed E-state index contributed by atoms with van der Waals surface area (Å²) in [6.45, 7) is 5.09. The number of hydrogen-bond acceptors (Lipinski definition) is 4. The molecular formula is C17H22FN5O. The highest BCUT2D eigenvalue weighted by Gasteiger charge is 2.23. The largest absolute Gasteiger partial charge is 0.349 e. The first-order valence-electron chi connectivity index (χ1n) is 8.33. The number of likely N-dealkylation sites (tertiary alicyclic amines) is 1. The maximum Gasteiger partial charge on any atom is 0.273 e. The van der Waals surface area contributed by atoms with Gasteiger partial charge in [0, 0.05) is 18.2 Å². The Kier molecular flexibility index (Phi) is 5.20. The first-order chi connectivity index (χ1) is 11.7. The number of likely N-dealkylation sites (N-methyl/N-ethyl adjacent to an activating group) is 1. The summed E-state index contributed by atoms with van der Waals surface area (Å²) in [4.78, 5) is 14.6. The number of carbonyl (C=O) groups is 1. The zero-order chi connectivity index (χ0) is 16.9. The van der Waals surface area contributed by atoms with Crippen LogP contribution in [0.15, 0.2) is 30.5 Å². The maximum absolute atomic E-state index is 13.7. The van der Waals surface area contributed by atoms with Crippen LogP contribution in [0.4, 0.5) is 4.39 Å². The van der Waals surface area contributed by atoms with E-state index in [1.165, 1.54) is 17.2 Å². The van der Waals surface area contributed by atoms with Crippen LogP contribution in [0.25, 0.3) is 0 Å². The van der Waals surface area contributed by atoms with E-state index in [4.69, 9.17) is 0 Å². The highest BCUT2D eigenvalue weighted by Crippen LogP contribution is 2.15. The van der Waals surface area contributed by atoms with Crippen molar-refractivity contribution in [2.45, 2.75) is 32.4 Å². The Balaban J connectivity index is 1.57. The van der Waals surface area contributed by atoms with Gasteiger partial charge in [0.25, 0.3) is 5.91 Å². The Morgan fingerprint density at radius 3 is 3.04 bits per heavy atom. The molecule has 0 saturated carbocycles. The van der Waals surface area contributed by atoms with Crippen molar-refractivity contribution in [3.05, 3.63) is 47.5 Å². The van der Waals surface area contributed by atoms with Gasteiger partial charge in [-0.15, -0.1) is 5.10 Å². The zero-order valence-corrected chi connectivity index (χ0v) is 13.8. The van der Waals surface area contributed by atoms with Crippen LogP contribution in [0.1, 0.15) is 35.8 Å². The summed E-state index contributed by atoms with van der Waals surface area (Å²) in [7, 11) is 0. The van der Waals surface area contributed by atoms with Gasteiger partial charge >= 0.3 is 0 Å². The Hall–Kier alpha value is -2.28. The van der Waals surface area contributed by atoms with Crippen molar-refractivity contribution in [2.24, 2.45) is 0 Å². The molecule has 2 heterocycles. The van der Waals surface area contributed by atoms with E-state index in [9.17, 15) is 9.18 Å². The molecule has 1 saturated heterocycles. The third kappa shape index (κ3) is 3.79. The number of nitrogens with one attached hydrogen (secondary N) is 1. The highest BCUT2D eigenvalue weighted by molar-refractivity contribution is 5.91. The monoisotopic (exact) mass is 331 g/mol. The molecule has 1 aliphatic rings. The van der Waals surface area contributed by atoms with Gasteiger partial charge in [0.05, 0.1) is 12.7 Å². The Morgan fingerprint density at radius 2 is 2.25 bits per heavy atom. The number of nitrogens with zero attached hydrogens (tertiary/aromatic N) is 4. The molecule has 0 spiro atoms. The Morgan fingerprint density at radius 1 is 1.42 bits per heavy atom. The van der Waals surface area contributed by atoms with Crippen molar-refractivity contribution in [3.8, 4) is 0 Å². The van der Waals surface area contributed by atoms with Gasteiger partial charge in [0.1, 0.15) is 5.82 Å². The zero-order valence-electron chi connectivity index (χ0n) is 13.8. The molecule has 1 aliphatic heterocycles. The van der Waals surface area contributed by atoms with Crippen molar-refractivity contribution in [1.29, 1.82) is 0 Å². The number of hydrogen-bond donors (Lipinski definition) is 1. The predicted molar refractivity (Wildman–Crippen MR) is 88.1 cm³/mol. The van der Waals surface area contributed by atoms with Crippen LogP contribution in [-0.2, 0) is 6.54 Å². The van der Waals surface area contributed by atoms with Crippen LogP contribution >= 0.6 is 0 Å². The van der Waals surface area contributed by atoms with Crippen LogP contribution in [0.5, 0.6) is 0 Å². The standard InChI is InChI=1S/C17H22FN5O/c1-2-22-9-5-7-14(22)10-19-17(24)16-12-23(21-20-16)11-13-6-3-4-8-15(13)18/h3-4,6,8,12,14H,2,5,7,9-11H2,1H3,(H,19,24). The smallest absolute Gasteiger partial charge is 0.273 e. The second kappa shape index (κ2) is 7.53. The molecule has 0 radical (unpaired) electrons. The summed E-state index contributed by atoms with van der Waals surface area (Å²) in [5.41, 5.74) is 0.770. The lowest BCUT2D eigenvalue weighted by atomic mass is 10.2. The van der Waals surface area contributed by atoms with Crippen molar-refractivity contribution < 1.29 is 9.18 Å². The van der Waals surface area contributed by atoms with Crippen LogP contribution in [0.3, 0.4) is 0 Å². The van der Waals surface area contributed by atoms with E-state index in [0.717, 1.165) is 19.5 Å². The molecule has 24 heavy (non-hydrogen) atoms. The number of carbonyl (C=O) groups excluding carboxylic acids is 1. The maximum atomic E-state index is 13.7. The molecule has 1 aromatic heterocycles. The third-order valence-electron chi connectivity index (χ3n) is 4.46. The van der Waals surface area contributed by atoms with E-state index in [2.05, 4.69) is 27.5 Å². The minimum absolute atomic E-state index is 0.238. The molecule has 0 bridgehead atoms. The average molecular weight is 331 g/mol. The topological polar surface area (TPSA) is 63.1 Å². The van der Waals surface area contributed by atoms with Crippen molar-refractivity contribution in [1.82, 2.24) is 25.2 Å². The number of amides is 1. The molecule has 1 N–H and O–H groups in total. The molecule has 1 unspecified atom stereocenters. The molecule has 1 fully saturated rings. The molecule has 128 valence electrons. The summed E-state index contributed by atoms with van der Waals surface area (Å²) < 4.78 is 15.1. The fraction of sp³-hybridized carbons (Fsp3) is 0.471. The average Bonchev–Trinajstić information content (AvgIpc) is 3.23. The van der Waals surface area contributed by atoms with Gasteiger partial charge in [-0.25, -0.2) is 9.07 Å². The molecule has 1 atom stereocenters. The normalized spacial score (nSPS) is 18.0. The van der Waals surface area contributed by atoms with E-state index in [1.807, 2.05) is 0 Å². The number of aromatic nitrogens is 3. The summed E-state index contributed by atoms with van der Waals surface area (Å²) in [5.74, 6) is -0.530.